The molecule has 1 fully saturated rings. The number of nitrogens with zero attached hydrogens (tertiary/aromatic N) is 3. The summed E-state index contributed by atoms with van der Waals surface area (Å²) in [5.74, 6) is 0.0221. The van der Waals surface area contributed by atoms with Gasteiger partial charge in [-0.2, -0.15) is 0 Å². The number of amides is 2. The Labute approximate surface area is 203 Å². The normalized spacial score (nSPS) is 14.0. The number of guanidine groups is 1. The van der Waals surface area contributed by atoms with Gasteiger partial charge in [-0.25, -0.2) is 4.99 Å². The van der Waals surface area contributed by atoms with Crippen LogP contribution in [-0.2, 0) is 11.3 Å². The van der Waals surface area contributed by atoms with E-state index in [1.165, 1.54) is 5.00 Å². The van der Waals surface area contributed by atoms with Crippen molar-refractivity contribution in [2.75, 3.05) is 44.2 Å². The highest BCUT2D eigenvalue weighted by Crippen LogP contribution is 2.22. The standard InChI is InChI=1S/C21H28N6O2S.HI/c1-2-23-21(27-11-9-26(10-12-27)19-4-3-13-30-19)25-14-16-5-7-17(8-6-16)20(29)24-15-18(22)28;/h3-8,13H,2,9-12,14-15H2,1H3,(H2,22,28)(H,23,25)(H,24,29);1H. The number of piperazine rings is 1. The molecule has 1 aliphatic heterocycles. The van der Waals surface area contributed by atoms with Gasteiger partial charge >= 0.3 is 0 Å². The summed E-state index contributed by atoms with van der Waals surface area (Å²) in [5, 5.41) is 9.29. The summed E-state index contributed by atoms with van der Waals surface area (Å²) < 4.78 is 0. The van der Waals surface area contributed by atoms with Gasteiger partial charge < -0.3 is 26.2 Å². The molecule has 1 aromatic heterocycles. The number of halogens is 1. The predicted octanol–water partition coefficient (Wildman–Crippen LogP) is 1.87. The number of thiophene rings is 1. The second-order valence-corrected chi connectivity index (χ2v) is 7.87. The zero-order chi connectivity index (χ0) is 21.3. The van der Waals surface area contributed by atoms with Crippen molar-refractivity contribution in [2.24, 2.45) is 10.7 Å². The lowest BCUT2D eigenvalue weighted by Crippen LogP contribution is -2.52. The molecule has 0 spiro atoms. The Hall–Kier alpha value is -2.34. The largest absolute Gasteiger partial charge is 0.368 e. The van der Waals surface area contributed by atoms with Crippen LogP contribution in [0, 0.1) is 0 Å². The van der Waals surface area contributed by atoms with Gasteiger partial charge in [-0.15, -0.1) is 35.3 Å². The van der Waals surface area contributed by atoms with Crippen molar-refractivity contribution in [3.8, 4) is 0 Å². The molecular weight excluding hydrogens is 527 g/mol. The maximum atomic E-state index is 12.0. The summed E-state index contributed by atoms with van der Waals surface area (Å²) in [5.41, 5.74) is 6.54. The lowest BCUT2D eigenvalue weighted by atomic mass is 10.1. The van der Waals surface area contributed by atoms with Crippen molar-refractivity contribution in [3.05, 3.63) is 52.9 Å². The molecular formula is C21H29IN6O2S. The minimum absolute atomic E-state index is 0. The first kappa shape index (κ1) is 24.9. The summed E-state index contributed by atoms with van der Waals surface area (Å²) in [7, 11) is 0. The quantitative estimate of drug-likeness (QED) is 0.275. The summed E-state index contributed by atoms with van der Waals surface area (Å²) in [6, 6.07) is 11.5. The zero-order valence-corrected chi connectivity index (χ0v) is 20.7. The monoisotopic (exact) mass is 556 g/mol. The number of primary amides is 1. The highest BCUT2D eigenvalue weighted by atomic mass is 127. The van der Waals surface area contributed by atoms with Crippen LogP contribution < -0.4 is 21.3 Å². The number of hydrogen-bond acceptors (Lipinski definition) is 5. The van der Waals surface area contributed by atoms with E-state index in [4.69, 9.17) is 10.7 Å². The fourth-order valence-corrected chi connectivity index (χ4v) is 4.00. The fourth-order valence-electron chi connectivity index (χ4n) is 3.21. The summed E-state index contributed by atoms with van der Waals surface area (Å²) in [6.07, 6.45) is 0. The second kappa shape index (κ2) is 12.5. The number of anilines is 1. The van der Waals surface area contributed by atoms with Crippen molar-refractivity contribution in [1.29, 1.82) is 0 Å². The van der Waals surface area contributed by atoms with Crippen molar-refractivity contribution >= 4 is 58.1 Å². The molecule has 0 bridgehead atoms. The first-order valence-electron chi connectivity index (χ1n) is 10.0. The highest BCUT2D eigenvalue weighted by molar-refractivity contribution is 14.0. The Bertz CT molecular complexity index is 865. The van der Waals surface area contributed by atoms with Crippen molar-refractivity contribution in [2.45, 2.75) is 13.5 Å². The third kappa shape index (κ3) is 7.39. The summed E-state index contributed by atoms with van der Waals surface area (Å²) in [4.78, 5) is 32.2. The molecule has 3 rings (SSSR count). The van der Waals surface area contributed by atoms with Crippen LogP contribution in [0.5, 0.6) is 0 Å². The van der Waals surface area contributed by atoms with Crippen molar-refractivity contribution < 1.29 is 9.59 Å². The fraction of sp³-hybridized carbons (Fsp3) is 0.381. The number of carbonyl (C=O) groups excluding carboxylic acids is 2. The van der Waals surface area contributed by atoms with E-state index in [2.05, 4.69) is 44.9 Å². The van der Waals surface area contributed by atoms with Gasteiger partial charge in [0.05, 0.1) is 18.1 Å². The molecule has 0 unspecified atom stereocenters. The molecule has 2 aromatic rings. The Kier molecular flexibility index (Phi) is 10.0. The number of nitrogens with two attached hydrogens (primary N) is 1. The van der Waals surface area contributed by atoms with Gasteiger partial charge in [0, 0.05) is 38.3 Å². The van der Waals surface area contributed by atoms with E-state index >= 15 is 0 Å². The molecule has 1 aliphatic rings. The van der Waals surface area contributed by atoms with Crippen LogP contribution in [0.2, 0.25) is 0 Å². The SMILES string of the molecule is CCNC(=NCc1ccc(C(=O)NCC(N)=O)cc1)N1CCN(c2cccs2)CC1.I. The Morgan fingerprint density at radius 1 is 1.10 bits per heavy atom. The van der Waals surface area contributed by atoms with Crippen molar-refractivity contribution in [3.63, 3.8) is 0 Å². The van der Waals surface area contributed by atoms with E-state index in [0.717, 1.165) is 44.2 Å². The van der Waals surface area contributed by atoms with Crippen LogP contribution in [0.4, 0.5) is 5.00 Å². The second-order valence-electron chi connectivity index (χ2n) is 6.94. The maximum absolute atomic E-state index is 12.0. The molecule has 4 N–H and O–H groups in total. The third-order valence-electron chi connectivity index (χ3n) is 4.78. The predicted molar refractivity (Wildman–Crippen MR) is 136 cm³/mol. The van der Waals surface area contributed by atoms with E-state index in [-0.39, 0.29) is 36.4 Å². The molecule has 168 valence electrons. The van der Waals surface area contributed by atoms with Crippen molar-refractivity contribution in [1.82, 2.24) is 15.5 Å². The van der Waals surface area contributed by atoms with Gasteiger partial charge in [0.2, 0.25) is 5.91 Å². The van der Waals surface area contributed by atoms with Gasteiger partial charge in [-0.3, -0.25) is 9.59 Å². The van der Waals surface area contributed by atoms with Gasteiger partial charge in [0.15, 0.2) is 5.96 Å². The highest BCUT2D eigenvalue weighted by Gasteiger charge is 2.20. The number of rotatable bonds is 7. The smallest absolute Gasteiger partial charge is 0.251 e. The topological polar surface area (TPSA) is 103 Å². The van der Waals surface area contributed by atoms with Crippen LogP contribution in [0.25, 0.3) is 0 Å². The Balaban J connectivity index is 0.00000341. The Morgan fingerprint density at radius 2 is 1.81 bits per heavy atom. The van der Waals surface area contributed by atoms with E-state index in [9.17, 15) is 9.59 Å². The lowest BCUT2D eigenvalue weighted by Gasteiger charge is -2.37. The van der Waals surface area contributed by atoms with E-state index < -0.39 is 5.91 Å². The number of aliphatic imine (C=N–C) groups is 1. The molecule has 10 heteroatoms. The van der Waals surface area contributed by atoms with Gasteiger partial charge in [0.1, 0.15) is 0 Å². The molecule has 0 saturated carbocycles. The van der Waals surface area contributed by atoms with E-state index in [0.29, 0.717) is 12.1 Å². The average molecular weight is 556 g/mol. The maximum Gasteiger partial charge on any atom is 0.251 e. The van der Waals surface area contributed by atoms with E-state index in [1.54, 1.807) is 23.5 Å². The first-order chi connectivity index (χ1) is 14.6. The first-order valence-corrected chi connectivity index (χ1v) is 10.9. The molecule has 2 amide bonds. The number of hydrogen-bond donors (Lipinski definition) is 3. The number of benzene rings is 1. The number of carbonyl (C=O) groups is 2. The van der Waals surface area contributed by atoms with Crippen LogP contribution in [-0.4, -0.2) is 61.9 Å². The molecule has 1 aromatic carbocycles. The zero-order valence-electron chi connectivity index (χ0n) is 17.5. The average Bonchev–Trinajstić information content (AvgIpc) is 3.30. The van der Waals surface area contributed by atoms with Gasteiger partial charge in [-0.05, 0) is 42.1 Å². The third-order valence-corrected chi connectivity index (χ3v) is 5.71. The van der Waals surface area contributed by atoms with Gasteiger partial charge in [0.25, 0.3) is 5.91 Å². The Morgan fingerprint density at radius 3 is 2.39 bits per heavy atom. The minimum Gasteiger partial charge on any atom is -0.368 e. The molecule has 0 aliphatic carbocycles. The lowest BCUT2D eigenvalue weighted by molar-refractivity contribution is -0.117. The minimum atomic E-state index is -0.568. The molecule has 8 nitrogen and oxygen atoms in total. The summed E-state index contributed by atoms with van der Waals surface area (Å²) in [6.45, 7) is 7.01. The number of nitrogens with one attached hydrogen (secondary N) is 2. The van der Waals surface area contributed by atoms with Crippen LogP contribution >= 0.6 is 35.3 Å². The summed E-state index contributed by atoms with van der Waals surface area (Å²) >= 11 is 1.77. The van der Waals surface area contributed by atoms with Crippen LogP contribution in [0.1, 0.15) is 22.8 Å². The van der Waals surface area contributed by atoms with E-state index in [1.807, 2.05) is 12.1 Å². The molecule has 0 radical (unpaired) electrons. The molecule has 2 heterocycles. The van der Waals surface area contributed by atoms with Crippen LogP contribution in [0.15, 0.2) is 46.8 Å². The molecule has 1 saturated heterocycles. The molecule has 31 heavy (non-hydrogen) atoms. The molecule has 0 atom stereocenters. The van der Waals surface area contributed by atoms with Crippen LogP contribution in [0.3, 0.4) is 0 Å². The van der Waals surface area contributed by atoms with Gasteiger partial charge in [-0.1, -0.05) is 12.1 Å².